The van der Waals surface area contributed by atoms with Crippen molar-refractivity contribution in [3.05, 3.63) is 23.8 Å². The van der Waals surface area contributed by atoms with Crippen LogP contribution in [0, 0.1) is 6.92 Å². The van der Waals surface area contributed by atoms with Crippen molar-refractivity contribution in [2.45, 2.75) is 19.2 Å². The van der Waals surface area contributed by atoms with Crippen LogP contribution in [0.25, 0.3) is 0 Å². The number of halogens is 1. The SMILES string of the molecule is COc1cc(C)cc(NC(=O)[C@@H](C)Cl)c1. The van der Waals surface area contributed by atoms with Crippen molar-refractivity contribution in [1.82, 2.24) is 0 Å². The van der Waals surface area contributed by atoms with Gasteiger partial charge in [-0.3, -0.25) is 4.79 Å². The average molecular weight is 228 g/mol. The molecule has 15 heavy (non-hydrogen) atoms. The molecule has 82 valence electrons. The van der Waals surface area contributed by atoms with E-state index < -0.39 is 5.38 Å². The normalized spacial score (nSPS) is 12.0. The molecule has 0 aliphatic rings. The van der Waals surface area contributed by atoms with E-state index in [4.69, 9.17) is 16.3 Å². The van der Waals surface area contributed by atoms with E-state index in [2.05, 4.69) is 5.32 Å². The first kappa shape index (κ1) is 11.9. The van der Waals surface area contributed by atoms with Crippen LogP contribution in [0.3, 0.4) is 0 Å². The van der Waals surface area contributed by atoms with Gasteiger partial charge in [0, 0.05) is 11.8 Å². The van der Waals surface area contributed by atoms with Crippen LogP contribution < -0.4 is 10.1 Å². The maximum atomic E-state index is 11.3. The van der Waals surface area contributed by atoms with Gasteiger partial charge in [-0.1, -0.05) is 0 Å². The Labute approximate surface area is 94.4 Å². The Morgan fingerprint density at radius 2 is 2.13 bits per heavy atom. The molecule has 1 N–H and O–H groups in total. The molecule has 0 aliphatic carbocycles. The van der Waals surface area contributed by atoms with Crippen LogP contribution in [0.4, 0.5) is 5.69 Å². The predicted octanol–water partition coefficient (Wildman–Crippen LogP) is 2.57. The van der Waals surface area contributed by atoms with Gasteiger partial charge in [0.15, 0.2) is 0 Å². The van der Waals surface area contributed by atoms with Gasteiger partial charge in [-0.2, -0.15) is 0 Å². The Morgan fingerprint density at radius 3 is 2.67 bits per heavy atom. The van der Waals surface area contributed by atoms with Gasteiger partial charge in [0.2, 0.25) is 5.91 Å². The van der Waals surface area contributed by atoms with E-state index in [-0.39, 0.29) is 5.91 Å². The highest BCUT2D eigenvalue weighted by Gasteiger charge is 2.09. The van der Waals surface area contributed by atoms with Gasteiger partial charge in [-0.15, -0.1) is 11.6 Å². The number of hydrogen-bond acceptors (Lipinski definition) is 2. The molecule has 1 amide bonds. The molecule has 0 aliphatic heterocycles. The fourth-order valence-corrected chi connectivity index (χ4v) is 1.23. The summed E-state index contributed by atoms with van der Waals surface area (Å²) in [6.07, 6.45) is 0. The maximum absolute atomic E-state index is 11.3. The number of alkyl halides is 1. The molecule has 3 nitrogen and oxygen atoms in total. The molecule has 0 spiro atoms. The molecule has 1 aromatic carbocycles. The fraction of sp³-hybridized carbons (Fsp3) is 0.364. The quantitative estimate of drug-likeness (QED) is 0.806. The van der Waals surface area contributed by atoms with Crippen LogP contribution in [0.2, 0.25) is 0 Å². The van der Waals surface area contributed by atoms with Gasteiger partial charge in [-0.25, -0.2) is 0 Å². The second-order valence-electron chi connectivity index (χ2n) is 3.34. The highest BCUT2D eigenvalue weighted by Crippen LogP contribution is 2.20. The molecule has 0 fully saturated rings. The van der Waals surface area contributed by atoms with E-state index in [1.54, 1.807) is 20.1 Å². The lowest BCUT2D eigenvalue weighted by Crippen LogP contribution is -2.20. The smallest absolute Gasteiger partial charge is 0.242 e. The Hall–Kier alpha value is -1.22. The summed E-state index contributed by atoms with van der Waals surface area (Å²) >= 11 is 5.65. The number of rotatable bonds is 3. The van der Waals surface area contributed by atoms with Crippen molar-refractivity contribution in [3.63, 3.8) is 0 Å². The lowest BCUT2D eigenvalue weighted by Gasteiger charge is -2.09. The zero-order valence-electron chi connectivity index (χ0n) is 9.00. The first-order valence-corrected chi connectivity index (χ1v) is 5.07. The number of amides is 1. The Morgan fingerprint density at radius 1 is 1.47 bits per heavy atom. The first-order chi connectivity index (χ1) is 7.02. The van der Waals surface area contributed by atoms with Gasteiger partial charge in [-0.05, 0) is 31.5 Å². The molecule has 0 unspecified atom stereocenters. The minimum absolute atomic E-state index is 0.218. The highest BCUT2D eigenvalue weighted by atomic mass is 35.5. The highest BCUT2D eigenvalue weighted by molar-refractivity contribution is 6.32. The van der Waals surface area contributed by atoms with E-state index in [0.29, 0.717) is 11.4 Å². The Balaban J connectivity index is 2.85. The van der Waals surface area contributed by atoms with Gasteiger partial charge in [0.25, 0.3) is 0 Å². The van der Waals surface area contributed by atoms with E-state index in [1.807, 2.05) is 19.1 Å². The van der Waals surface area contributed by atoms with E-state index >= 15 is 0 Å². The molecule has 0 radical (unpaired) electrons. The number of benzene rings is 1. The number of aryl methyl sites for hydroxylation is 1. The van der Waals surface area contributed by atoms with Crippen molar-refractivity contribution in [1.29, 1.82) is 0 Å². The molecule has 0 saturated carbocycles. The van der Waals surface area contributed by atoms with Crippen LogP contribution in [0.1, 0.15) is 12.5 Å². The van der Waals surface area contributed by atoms with Gasteiger partial charge >= 0.3 is 0 Å². The number of carbonyl (C=O) groups excluding carboxylic acids is 1. The van der Waals surface area contributed by atoms with E-state index in [9.17, 15) is 4.79 Å². The molecule has 1 atom stereocenters. The molecular formula is C11H14ClNO2. The summed E-state index contributed by atoms with van der Waals surface area (Å²) in [5.41, 5.74) is 1.72. The van der Waals surface area contributed by atoms with Gasteiger partial charge in [0.1, 0.15) is 11.1 Å². The summed E-state index contributed by atoms with van der Waals surface area (Å²) in [4.78, 5) is 11.3. The monoisotopic (exact) mass is 227 g/mol. The van der Waals surface area contributed by atoms with E-state index in [0.717, 1.165) is 5.56 Å². The second kappa shape index (κ2) is 5.03. The minimum Gasteiger partial charge on any atom is -0.497 e. The van der Waals surface area contributed by atoms with Crippen LogP contribution >= 0.6 is 11.6 Å². The summed E-state index contributed by atoms with van der Waals surface area (Å²) in [7, 11) is 1.59. The molecule has 0 heterocycles. The first-order valence-electron chi connectivity index (χ1n) is 4.63. The number of ether oxygens (including phenoxy) is 1. The number of hydrogen-bond donors (Lipinski definition) is 1. The maximum Gasteiger partial charge on any atom is 0.242 e. The van der Waals surface area contributed by atoms with Crippen molar-refractivity contribution in [2.24, 2.45) is 0 Å². The molecule has 1 rings (SSSR count). The second-order valence-corrected chi connectivity index (χ2v) is 4.00. The lowest BCUT2D eigenvalue weighted by atomic mass is 10.2. The summed E-state index contributed by atoms with van der Waals surface area (Å²) in [5, 5.41) is 2.16. The molecule has 0 bridgehead atoms. The molecule has 1 aromatic rings. The topological polar surface area (TPSA) is 38.3 Å². The number of anilines is 1. The molecule has 4 heteroatoms. The minimum atomic E-state index is -0.545. The van der Waals surface area contributed by atoms with Crippen molar-refractivity contribution in [2.75, 3.05) is 12.4 Å². The summed E-state index contributed by atoms with van der Waals surface area (Å²) in [6.45, 7) is 3.56. The lowest BCUT2D eigenvalue weighted by molar-refractivity contribution is -0.115. The van der Waals surface area contributed by atoms with E-state index in [1.165, 1.54) is 0 Å². The molecule has 0 saturated heterocycles. The third-order valence-electron chi connectivity index (χ3n) is 1.92. The van der Waals surface area contributed by atoms with Gasteiger partial charge in [0.05, 0.1) is 7.11 Å². The fourth-order valence-electron chi connectivity index (χ4n) is 1.18. The van der Waals surface area contributed by atoms with Crippen LogP contribution in [0.15, 0.2) is 18.2 Å². The van der Waals surface area contributed by atoms with Gasteiger partial charge < -0.3 is 10.1 Å². The third-order valence-corrected chi connectivity index (χ3v) is 2.11. The summed E-state index contributed by atoms with van der Waals surface area (Å²) in [6, 6.07) is 5.50. The van der Waals surface area contributed by atoms with Crippen LogP contribution in [-0.2, 0) is 4.79 Å². The summed E-state index contributed by atoms with van der Waals surface area (Å²) in [5.74, 6) is 0.497. The van der Waals surface area contributed by atoms with Crippen LogP contribution in [0.5, 0.6) is 5.75 Å². The Kier molecular flexibility index (Phi) is 3.97. The van der Waals surface area contributed by atoms with Crippen LogP contribution in [-0.4, -0.2) is 18.4 Å². The standard InChI is InChI=1S/C11H14ClNO2/c1-7-4-9(6-10(5-7)15-3)13-11(14)8(2)12/h4-6,8H,1-3H3,(H,13,14)/t8-/m1/s1. The molecular weight excluding hydrogens is 214 g/mol. The zero-order chi connectivity index (χ0) is 11.4. The Bertz CT molecular complexity index is 364. The summed E-state index contributed by atoms with van der Waals surface area (Å²) < 4.78 is 5.09. The van der Waals surface area contributed by atoms with Crippen molar-refractivity contribution < 1.29 is 9.53 Å². The number of nitrogens with one attached hydrogen (secondary N) is 1. The predicted molar refractivity (Wildman–Crippen MR) is 61.7 cm³/mol. The number of carbonyl (C=O) groups is 1. The largest absolute Gasteiger partial charge is 0.497 e. The molecule has 0 aromatic heterocycles. The average Bonchev–Trinajstić information content (AvgIpc) is 2.16. The third kappa shape index (κ3) is 3.44. The van der Waals surface area contributed by atoms with Crippen molar-refractivity contribution >= 4 is 23.2 Å². The zero-order valence-corrected chi connectivity index (χ0v) is 9.76. The van der Waals surface area contributed by atoms with Crippen molar-refractivity contribution in [3.8, 4) is 5.75 Å². The number of methoxy groups -OCH3 is 1.